The molecule has 2 aromatic rings. The first kappa shape index (κ1) is 15.1. The number of urea groups is 1. The van der Waals surface area contributed by atoms with Crippen molar-refractivity contribution < 1.29 is 14.3 Å². The number of carbonyl (C=O) groups is 2. The van der Waals surface area contributed by atoms with Crippen LogP contribution in [0.15, 0.2) is 54.2 Å². The lowest BCUT2D eigenvalue weighted by Gasteiger charge is -2.10. The molecule has 1 fully saturated rings. The molecule has 3 amide bonds. The number of rotatable bonds is 4. The van der Waals surface area contributed by atoms with Gasteiger partial charge in [0.05, 0.1) is 0 Å². The van der Waals surface area contributed by atoms with Crippen LogP contribution in [0.2, 0.25) is 5.02 Å². The summed E-state index contributed by atoms with van der Waals surface area (Å²) in [4.78, 5) is 22.8. The van der Waals surface area contributed by atoms with E-state index in [9.17, 15) is 9.59 Å². The number of benzene rings is 2. The van der Waals surface area contributed by atoms with Gasteiger partial charge in [-0.1, -0.05) is 48.0 Å². The van der Waals surface area contributed by atoms with Gasteiger partial charge < -0.3 is 10.1 Å². The molecule has 0 aliphatic carbocycles. The van der Waals surface area contributed by atoms with E-state index in [-0.39, 0.29) is 5.70 Å². The van der Waals surface area contributed by atoms with Crippen molar-refractivity contribution in [3.8, 4) is 5.75 Å². The van der Waals surface area contributed by atoms with Gasteiger partial charge in [0.25, 0.3) is 5.91 Å². The van der Waals surface area contributed by atoms with Crippen molar-refractivity contribution in [1.82, 2.24) is 10.6 Å². The van der Waals surface area contributed by atoms with Crippen molar-refractivity contribution in [2.45, 2.75) is 6.61 Å². The molecule has 2 aromatic carbocycles. The molecule has 0 aromatic heterocycles. The highest BCUT2D eigenvalue weighted by Gasteiger charge is 2.23. The van der Waals surface area contributed by atoms with Crippen LogP contribution in [-0.2, 0) is 11.4 Å². The Balaban J connectivity index is 1.81. The Morgan fingerprint density at radius 3 is 2.48 bits per heavy atom. The van der Waals surface area contributed by atoms with E-state index in [1.807, 2.05) is 30.3 Å². The minimum atomic E-state index is -0.532. The van der Waals surface area contributed by atoms with E-state index < -0.39 is 11.9 Å². The summed E-state index contributed by atoms with van der Waals surface area (Å²) in [5, 5.41) is 5.23. The predicted octanol–water partition coefficient (Wildman–Crippen LogP) is 3.10. The third-order valence-electron chi connectivity index (χ3n) is 3.28. The van der Waals surface area contributed by atoms with Crippen molar-refractivity contribution >= 4 is 29.6 Å². The Bertz CT molecular complexity index is 802. The van der Waals surface area contributed by atoms with E-state index in [1.54, 1.807) is 24.3 Å². The van der Waals surface area contributed by atoms with E-state index in [0.717, 1.165) is 5.56 Å². The van der Waals surface area contributed by atoms with Crippen LogP contribution in [-0.4, -0.2) is 11.9 Å². The van der Waals surface area contributed by atoms with Crippen LogP contribution in [0.3, 0.4) is 0 Å². The normalized spacial score (nSPS) is 15.4. The van der Waals surface area contributed by atoms with Gasteiger partial charge in [-0.25, -0.2) is 4.79 Å². The molecule has 0 unspecified atom stereocenters. The summed E-state index contributed by atoms with van der Waals surface area (Å²) >= 11 is 6.11. The summed E-state index contributed by atoms with van der Waals surface area (Å²) in [6, 6.07) is 14.1. The number of para-hydroxylation sites is 1. The van der Waals surface area contributed by atoms with Crippen molar-refractivity contribution in [2.75, 3.05) is 0 Å². The lowest BCUT2D eigenvalue weighted by Crippen LogP contribution is -2.22. The van der Waals surface area contributed by atoms with E-state index in [0.29, 0.717) is 22.9 Å². The van der Waals surface area contributed by atoms with Gasteiger partial charge in [0.2, 0.25) is 0 Å². The summed E-state index contributed by atoms with van der Waals surface area (Å²) in [5.74, 6) is 0.129. The fourth-order valence-electron chi connectivity index (χ4n) is 2.14. The second kappa shape index (κ2) is 6.54. The SMILES string of the molecule is O=C1NC(=O)/C(=C\c2ccccc2OCc2ccccc2Cl)N1. The zero-order valence-corrected chi connectivity index (χ0v) is 12.8. The van der Waals surface area contributed by atoms with Gasteiger partial charge in [0, 0.05) is 16.1 Å². The fourth-order valence-corrected chi connectivity index (χ4v) is 2.33. The highest BCUT2D eigenvalue weighted by Crippen LogP contribution is 2.24. The molecule has 2 N–H and O–H groups in total. The van der Waals surface area contributed by atoms with Crippen LogP contribution in [0.1, 0.15) is 11.1 Å². The second-order valence-electron chi connectivity index (χ2n) is 4.88. The number of halogens is 1. The van der Waals surface area contributed by atoms with E-state index in [4.69, 9.17) is 16.3 Å². The fraction of sp³-hybridized carbons (Fsp3) is 0.0588. The molecular formula is C17H13ClN2O3. The molecule has 1 saturated heterocycles. The highest BCUT2D eigenvalue weighted by atomic mass is 35.5. The molecule has 0 bridgehead atoms. The average molecular weight is 329 g/mol. The molecule has 0 atom stereocenters. The lowest BCUT2D eigenvalue weighted by molar-refractivity contribution is -0.115. The number of hydrogen-bond acceptors (Lipinski definition) is 3. The Morgan fingerprint density at radius 2 is 1.74 bits per heavy atom. The molecule has 1 heterocycles. The summed E-state index contributed by atoms with van der Waals surface area (Å²) in [6.07, 6.45) is 1.57. The summed E-state index contributed by atoms with van der Waals surface area (Å²) < 4.78 is 5.80. The molecule has 0 radical (unpaired) electrons. The molecule has 0 saturated carbocycles. The van der Waals surface area contributed by atoms with Gasteiger partial charge in [-0.2, -0.15) is 0 Å². The van der Waals surface area contributed by atoms with Gasteiger partial charge in [-0.3, -0.25) is 10.1 Å². The molecule has 116 valence electrons. The number of amides is 3. The maximum absolute atomic E-state index is 11.6. The lowest BCUT2D eigenvalue weighted by atomic mass is 10.1. The van der Waals surface area contributed by atoms with Crippen LogP contribution < -0.4 is 15.4 Å². The summed E-state index contributed by atoms with van der Waals surface area (Å²) in [7, 11) is 0. The standard InChI is InChI=1S/C17H13ClN2O3/c18-13-7-3-1-6-12(13)10-23-15-8-4-2-5-11(15)9-14-16(21)20-17(22)19-14/h1-9H,10H2,(H2,19,20,21,22)/b14-9+. The zero-order valence-electron chi connectivity index (χ0n) is 12.0. The quantitative estimate of drug-likeness (QED) is 0.669. The highest BCUT2D eigenvalue weighted by molar-refractivity contribution is 6.31. The van der Waals surface area contributed by atoms with E-state index >= 15 is 0 Å². The maximum atomic E-state index is 11.6. The Kier molecular flexibility index (Phi) is 4.30. The maximum Gasteiger partial charge on any atom is 0.326 e. The van der Waals surface area contributed by atoms with Crippen molar-refractivity contribution in [3.63, 3.8) is 0 Å². The molecule has 1 aliphatic heterocycles. The Morgan fingerprint density at radius 1 is 1.00 bits per heavy atom. The number of carbonyl (C=O) groups excluding carboxylic acids is 2. The topological polar surface area (TPSA) is 67.4 Å². The molecule has 23 heavy (non-hydrogen) atoms. The van der Waals surface area contributed by atoms with Crippen molar-refractivity contribution in [3.05, 3.63) is 70.4 Å². The second-order valence-corrected chi connectivity index (χ2v) is 5.29. The molecule has 3 rings (SSSR count). The average Bonchev–Trinajstić information content (AvgIpc) is 2.85. The Labute approximate surface area is 137 Å². The monoisotopic (exact) mass is 328 g/mol. The van der Waals surface area contributed by atoms with Crippen LogP contribution in [0.4, 0.5) is 4.79 Å². The minimum Gasteiger partial charge on any atom is -0.488 e. The smallest absolute Gasteiger partial charge is 0.326 e. The molecule has 1 aliphatic rings. The number of imide groups is 1. The first-order valence-electron chi connectivity index (χ1n) is 6.93. The first-order valence-corrected chi connectivity index (χ1v) is 7.30. The predicted molar refractivity (Wildman–Crippen MR) is 86.9 cm³/mol. The van der Waals surface area contributed by atoms with Crippen LogP contribution >= 0.6 is 11.6 Å². The molecular weight excluding hydrogens is 316 g/mol. The van der Waals surface area contributed by atoms with Gasteiger partial charge in [0.1, 0.15) is 18.1 Å². The van der Waals surface area contributed by atoms with Gasteiger partial charge >= 0.3 is 6.03 Å². The number of nitrogens with one attached hydrogen (secondary N) is 2. The third-order valence-corrected chi connectivity index (χ3v) is 3.65. The zero-order chi connectivity index (χ0) is 16.2. The third kappa shape index (κ3) is 3.52. The summed E-state index contributed by atoms with van der Waals surface area (Å²) in [6.45, 7) is 0.304. The molecule has 0 spiro atoms. The minimum absolute atomic E-state index is 0.184. The van der Waals surface area contributed by atoms with Gasteiger partial charge in [0.15, 0.2) is 0 Å². The van der Waals surface area contributed by atoms with Gasteiger partial charge in [-0.15, -0.1) is 0 Å². The Hall–Kier alpha value is -2.79. The van der Waals surface area contributed by atoms with E-state index in [2.05, 4.69) is 10.6 Å². The largest absolute Gasteiger partial charge is 0.488 e. The van der Waals surface area contributed by atoms with E-state index in [1.165, 1.54) is 0 Å². The first-order chi connectivity index (χ1) is 11.1. The summed E-state index contributed by atoms with van der Waals surface area (Å²) in [5.41, 5.74) is 1.74. The van der Waals surface area contributed by atoms with Crippen molar-refractivity contribution in [2.24, 2.45) is 0 Å². The van der Waals surface area contributed by atoms with Crippen molar-refractivity contribution in [1.29, 1.82) is 0 Å². The van der Waals surface area contributed by atoms with Crippen LogP contribution in [0.5, 0.6) is 5.75 Å². The van der Waals surface area contributed by atoms with Crippen LogP contribution in [0.25, 0.3) is 6.08 Å². The number of hydrogen-bond donors (Lipinski definition) is 2. The molecule has 5 nitrogen and oxygen atoms in total. The number of ether oxygens (including phenoxy) is 1. The van der Waals surface area contributed by atoms with Crippen LogP contribution in [0, 0.1) is 0 Å². The van der Waals surface area contributed by atoms with Gasteiger partial charge in [-0.05, 0) is 18.2 Å². The molecule has 6 heteroatoms.